The monoisotopic (exact) mass is 448 g/mol. The number of nitro groups is 1. The first-order chi connectivity index (χ1) is 16.1. The number of rotatable bonds is 8. The summed E-state index contributed by atoms with van der Waals surface area (Å²) >= 11 is 0. The summed E-state index contributed by atoms with van der Waals surface area (Å²) in [5, 5.41) is 18.2. The molecule has 4 rings (SSSR count). The summed E-state index contributed by atoms with van der Waals surface area (Å²) in [7, 11) is 1.60. The molecule has 2 aromatic carbocycles. The number of benzene rings is 2. The van der Waals surface area contributed by atoms with E-state index in [1.165, 1.54) is 18.6 Å². The molecule has 0 amide bonds. The third-order valence-corrected chi connectivity index (χ3v) is 5.10. The maximum absolute atomic E-state index is 10.9. The van der Waals surface area contributed by atoms with Crippen molar-refractivity contribution in [2.45, 2.75) is 19.3 Å². The van der Waals surface area contributed by atoms with Crippen molar-refractivity contribution in [1.82, 2.24) is 15.0 Å². The van der Waals surface area contributed by atoms with Crippen LogP contribution in [0.15, 0.2) is 53.6 Å². The molecule has 1 aliphatic rings. The smallest absolute Gasteiger partial charge is 0.269 e. The zero-order valence-corrected chi connectivity index (χ0v) is 18.1. The van der Waals surface area contributed by atoms with Gasteiger partial charge in [-0.3, -0.25) is 10.1 Å². The molecule has 0 saturated carbocycles. The Balaban J connectivity index is 1.57. The highest BCUT2D eigenvalue weighted by atomic mass is 16.6. The fourth-order valence-electron chi connectivity index (χ4n) is 3.43. The molecule has 2 heterocycles. The Hall–Kier alpha value is -4.28. The van der Waals surface area contributed by atoms with Gasteiger partial charge in [0.25, 0.3) is 5.69 Å². The minimum absolute atomic E-state index is 0.0123. The van der Waals surface area contributed by atoms with Gasteiger partial charge in [-0.25, -0.2) is 5.43 Å². The van der Waals surface area contributed by atoms with E-state index in [0.717, 1.165) is 31.5 Å². The molecule has 33 heavy (non-hydrogen) atoms. The third-order valence-electron chi connectivity index (χ3n) is 5.10. The number of piperidine rings is 1. The molecule has 3 aromatic rings. The summed E-state index contributed by atoms with van der Waals surface area (Å²) in [4.78, 5) is 26.0. The van der Waals surface area contributed by atoms with Crippen molar-refractivity contribution >= 4 is 35.4 Å². The maximum atomic E-state index is 10.9. The van der Waals surface area contributed by atoms with Gasteiger partial charge in [-0.1, -0.05) is 12.1 Å². The fourth-order valence-corrected chi connectivity index (χ4v) is 3.43. The van der Waals surface area contributed by atoms with Gasteiger partial charge >= 0.3 is 0 Å². The van der Waals surface area contributed by atoms with Gasteiger partial charge in [-0.2, -0.15) is 20.1 Å². The predicted octanol–water partition coefficient (Wildman–Crippen LogP) is 3.97. The number of hydrogen-bond donors (Lipinski definition) is 2. The number of ether oxygens (including phenoxy) is 1. The number of hydrazone groups is 1. The number of para-hydroxylation sites is 1. The number of nitrogens with one attached hydrogen (secondary N) is 2. The van der Waals surface area contributed by atoms with E-state index in [9.17, 15) is 10.1 Å². The third kappa shape index (κ3) is 5.70. The number of nitrogens with zero attached hydrogens (tertiary/aromatic N) is 6. The van der Waals surface area contributed by atoms with Crippen LogP contribution in [0.2, 0.25) is 0 Å². The second kappa shape index (κ2) is 10.4. The van der Waals surface area contributed by atoms with Gasteiger partial charge in [-0.15, -0.1) is 0 Å². The van der Waals surface area contributed by atoms with Crippen molar-refractivity contribution in [2.75, 3.05) is 35.8 Å². The number of nitro benzene ring substituents is 1. The van der Waals surface area contributed by atoms with Gasteiger partial charge in [0, 0.05) is 36.5 Å². The summed E-state index contributed by atoms with van der Waals surface area (Å²) in [5.74, 6) is 1.84. The van der Waals surface area contributed by atoms with Crippen molar-refractivity contribution in [3.63, 3.8) is 0 Å². The van der Waals surface area contributed by atoms with Crippen molar-refractivity contribution in [3.8, 4) is 5.75 Å². The summed E-state index contributed by atoms with van der Waals surface area (Å²) in [5.41, 5.74) is 4.31. The van der Waals surface area contributed by atoms with Crippen LogP contribution in [0.3, 0.4) is 0 Å². The molecule has 1 saturated heterocycles. The molecule has 0 spiro atoms. The molecule has 1 fully saturated rings. The first kappa shape index (κ1) is 21.9. The number of aromatic nitrogens is 3. The van der Waals surface area contributed by atoms with Gasteiger partial charge in [0.05, 0.1) is 18.2 Å². The molecule has 0 bridgehead atoms. The van der Waals surface area contributed by atoms with Gasteiger partial charge < -0.3 is 15.0 Å². The van der Waals surface area contributed by atoms with E-state index in [0.29, 0.717) is 23.3 Å². The molecule has 11 heteroatoms. The van der Waals surface area contributed by atoms with Gasteiger partial charge in [0.2, 0.25) is 17.8 Å². The second-order valence-corrected chi connectivity index (χ2v) is 7.37. The quantitative estimate of drug-likeness (QED) is 0.298. The Morgan fingerprint density at radius 3 is 2.48 bits per heavy atom. The average Bonchev–Trinajstić information content (AvgIpc) is 2.85. The van der Waals surface area contributed by atoms with E-state index >= 15 is 0 Å². The van der Waals surface area contributed by atoms with Gasteiger partial charge in [0.1, 0.15) is 5.75 Å². The van der Waals surface area contributed by atoms with Crippen molar-refractivity contribution < 1.29 is 9.66 Å². The highest BCUT2D eigenvalue weighted by Gasteiger charge is 2.16. The molecular formula is C22H24N8O3. The molecule has 1 aliphatic heterocycles. The number of non-ortho nitro benzene ring substituents is 1. The fraction of sp³-hybridized carbons (Fsp3) is 0.273. The second-order valence-electron chi connectivity index (χ2n) is 7.37. The first-order valence-electron chi connectivity index (χ1n) is 10.6. The lowest BCUT2D eigenvalue weighted by Crippen LogP contribution is -2.31. The van der Waals surface area contributed by atoms with Crippen molar-refractivity contribution in [1.29, 1.82) is 0 Å². The SMILES string of the molecule is COc1ccccc1/C=N\Nc1nc(Nc2ccc([N+](=O)[O-])cc2)nc(N2CCCCC2)n1. The van der Waals surface area contributed by atoms with Crippen molar-refractivity contribution in [2.24, 2.45) is 5.10 Å². The van der Waals surface area contributed by atoms with E-state index in [4.69, 9.17) is 4.74 Å². The number of methoxy groups -OCH3 is 1. The zero-order valence-electron chi connectivity index (χ0n) is 18.1. The number of anilines is 4. The van der Waals surface area contributed by atoms with Crippen LogP contribution in [0, 0.1) is 10.1 Å². The molecule has 11 nitrogen and oxygen atoms in total. The van der Waals surface area contributed by atoms with Crippen LogP contribution < -0.4 is 20.4 Å². The Bertz CT molecular complexity index is 1130. The molecule has 2 N–H and O–H groups in total. The van der Waals surface area contributed by atoms with Gasteiger partial charge in [-0.05, 0) is 43.5 Å². The standard InChI is InChI=1S/C22H24N8O3/c1-33-19-8-4-3-7-16(19)15-23-28-21-25-20(24-17-9-11-18(12-10-17)30(31)32)26-22(27-21)29-13-5-2-6-14-29/h3-4,7-12,15H,2,5-6,13-14H2,1H3,(H2,24,25,26,27,28)/b23-15-. The lowest BCUT2D eigenvalue weighted by atomic mass is 10.1. The van der Waals surface area contributed by atoms with E-state index < -0.39 is 4.92 Å². The normalized spacial score (nSPS) is 13.7. The highest BCUT2D eigenvalue weighted by molar-refractivity contribution is 5.83. The summed E-state index contributed by atoms with van der Waals surface area (Å²) in [6.45, 7) is 1.73. The highest BCUT2D eigenvalue weighted by Crippen LogP contribution is 2.22. The molecule has 1 aromatic heterocycles. The predicted molar refractivity (Wildman–Crippen MR) is 126 cm³/mol. The van der Waals surface area contributed by atoms with Crippen LogP contribution >= 0.6 is 0 Å². The molecule has 0 unspecified atom stereocenters. The van der Waals surface area contributed by atoms with Crippen LogP contribution in [0.5, 0.6) is 5.75 Å². The molecule has 0 radical (unpaired) electrons. The summed E-state index contributed by atoms with van der Waals surface area (Å²) < 4.78 is 5.34. The van der Waals surface area contributed by atoms with E-state index in [1.807, 2.05) is 24.3 Å². The molecular weight excluding hydrogens is 424 g/mol. The Labute approximate surface area is 190 Å². The van der Waals surface area contributed by atoms with Crippen molar-refractivity contribution in [3.05, 3.63) is 64.2 Å². The van der Waals surface area contributed by atoms with Crippen LogP contribution in [0.4, 0.5) is 29.2 Å². The Morgan fingerprint density at radius 1 is 1.03 bits per heavy atom. The summed E-state index contributed by atoms with van der Waals surface area (Å²) in [6, 6.07) is 13.6. The molecule has 170 valence electrons. The minimum Gasteiger partial charge on any atom is -0.496 e. The molecule has 0 atom stereocenters. The van der Waals surface area contributed by atoms with Crippen LogP contribution in [0.25, 0.3) is 0 Å². The topological polar surface area (TPSA) is 131 Å². The number of hydrogen-bond acceptors (Lipinski definition) is 10. The van der Waals surface area contributed by atoms with Crippen LogP contribution in [-0.2, 0) is 0 Å². The van der Waals surface area contributed by atoms with Gasteiger partial charge in [0.15, 0.2) is 0 Å². The minimum atomic E-state index is -0.442. The molecule has 0 aliphatic carbocycles. The van der Waals surface area contributed by atoms with Crippen LogP contribution in [0.1, 0.15) is 24.8 Å². The van der Waals surface area contributed by atoms with E-state index in [1.54, 1.807) is 25.5 Å². The largest absolute Gasteiger partial charge is 0.496 e. The lowest BCUT2D eigenvalue weighted by Gasteiger charge is -2.26. The lowest BCUT2D eigenvalue weighted by molar-refractivity contribution is -0.384. The maximum Gasteiger partial charge on any atom is 0.269 e. The summed E-state index contributed by atoms with van der Waals surface area (Å²) in [6.07, 6.45) is 4.97. The Morgan fingerprint density at radius 2 is 1.76 bits per heavy atom. The zero-order chi connectivity index (χ0) is 23.0. The Kier molecular flexibility index (Phi) is 6.88. The average molecular weight is 448 g/mol. The van der Waals surface area contributed by atoms with Crippen LogP contribution in [-0.4, -0.2) is 46.3 Å². The first-order valence-corrected chi connectivity index (χ1v) is 10.6. The van der Waals surface area contributed by atoms with E-state index in [-0.39, 0.29) is 11.6 Å². The van der Waals surface area contributed by atoms with E-state index in [2.05, 4.69) is 35.7 Å².